The van der Waals surface area contributed by atoms with Crippen LogP contribution < -0.4 is 10.1 Å². The Hall–Kier alpha value is -2.20. The summed E-state index contributed by atoms with van der Waals surface area (Å²) >= 11 is 5.93. The molecule has 2 aromatic rings. The molecule has 0 aromatic heterocycles. The number of amides is 1. The molecule has 0 atom stereocenters. The van der Waals surface area contributed by atoms with Crippen LogP contribution in [0.5, 0.6) is 11.5 Å². The van der Waals surface area contributed by atoms with Crippen molar-refractivity contribution in [2.75, 3.05) is 12.4 Å². The van der Waals surface area contributed by atoms with E-state index in [4.69, 9.17) is 16.3 Å². The molecule has 0 aliphatic carbocycles. The fourth-order valence-corrected chi connectivity index (χ4v) is 2.00. The summed E-state index contributed by atoms with van der Waals surface area (Å²) in [4.78, 5) is 12.2. The van der Waals surface area contributed by atoms with Gasteiger partial charge in [-0.15, -0.1) is 0 Å². The summed E-state index contributed by atoms with van der Waals surface area (Å²) in [7, 11) is 1.51. The Balaban J connectivity index is 2.26. The summed E-state index contributed by atoms with van der Waals surface area (Å²) < 4.78 is 5.09. The van der Waals surface area contributed by atoms with Crippen molar-refractivity contribution in [3.8, 4) is 11.5 Å². The molecular weight excluding hydrogens is 278 g/mol. The largest absolute Gasteiger partial charge is 0.508 e. The van der Waals surface area contributed by atoms with Gasteiger partial charge in [0.2, 0.25) is 0 Å². The van der Waals surface area contributed by atoms with E-state index in [2.05, 4.69) is 5.32 Å². The van der Waals surface area contributed by atoms with E-state index in [0.717, 1.165) is 0 Å². The van der Waals surface area contributed by atoms with E-state index in [1.54, 1.807) is 37.3 Å². The molecule has 0 aliphatic rings. The van der Waals surface area contributed by atoms with Crippen LogP contribution in [-0.4, -0.2) is 18.1 Å². The molecule has 5 heteroatoms. The number of hydrogen-bond donors (Lipinski definition) is 2. The van der Waals surface area contributed by atoms with Crippen molar-refractivity contribution < 1.29 is 14.6 Å². The zero-order valence-corrected chi connectivity index (χ0v) is 11.9. The number of carbonyl (C=O) groups excluding carboxylic acids is 1. The summed E-state index contributed by atoms with van der Waals surface area (Å²) in [5.41, 5.74) is 1.52. The molecule has 0 bridgehead atoms. The second-order valence-electron chi connectivity index (χ2n) is 4.25. The fourth-order valence-electron chi connectivity index (χ4n) is 1.81. The van der Waals surface area contributed by atoms with Gasteiger partial charge in [0.15, 0.2) is 0 Å². The van der Waals surface area contributed by atoms with Gasteiger partial charge in [-0.25, -0.2) is 0 Å². The Bertz CT molecular complexity index is 656. The highest BCUT2D eigenvalue weighted by molar-refractivity contribution is 6.32. The molecule has 2 N–H and O–H groups in total. The Kier molecular flexibility index (Phi) is 4.15. The normalized spacial score (nSPS) is 10.2. The van der Waals surface area contributed by atoms with Crippen LogP contribution in [0.25, 0.3) is 0 Å². The average Bonchev–Trinajstić information content (AvgIpc) is 2.43. The molecule has 2 rings (SSSR count). The minimum Gasteiger partial charge on any atom is -0.508 e. The maximum Gasteiger partial charge on any atom is 0.256 e. The van der Waals surface area contributed by atoms with Gasteiger partial charge in [0.05, 0.1) is 12.1 Å². The number of hydrogen-bond acceptors (Lipinski definition) is 3. The molecule has 20 heavy (non-hydrogen) atoms. The molecule has 0 radical (unpaired) electrons. The Morgan fingerprint density at radius 2 is 2.05 bits per heavy atom. The van der Waals surface area contributed by atoms with Gasteiger partial charge in [-0.1, -0.05) is 17.7 Å². The van der Waals surface area contributed by atoms with Gasteiger partial charge in [0, 0.05) is 22.9 Å². The highest BCUT2D eigenvalue weighted by atomic mass is 35.5. The monoisotopic (exact) mass is 291 g/mol. The van der Waals surface area contributed by atoms with E-state index < -0.39 is 0 Å². The molecule has 0 saturated carbocycles. The molecule has 4 nitrogen and oxygen atoms in total. The van der Waals surface area contributed by atoms with E-state index in [1.165, 1.54) is 13.2 Å². The van der Waals surface area contributed by atoms with Crippen molar-refractivity contribution in [3.63, 3.8) is 0 Å². The molecule has 2 aromatic carbocycles. The number of anilines is 1. The highest BCUT2D eigenvalue weighted by Gasteiger charge is 2.12. The van der Waals surface area contributed by atoms with Crippen LogP contribution in [-0.2, 0) is 0 Å². The second-order valence-corrected chi connectivity index (χ2v) is 4.66. The predicted molar refractivity (Wildman–Crippen MR) is 78.8 cm³/mol. The third-order valence-corrected chi connectivity index (χ3v) is 3.27. The first kappa shape index (κ1) is 14.2. The lowest BCUT2D eigenvalue weighted by molar-refractivity contribution is 0.102. The topological polar surface area (TPSA) is 58.6 Å². The van der Waals surface area contributed by atoms with E-state index >= 15 is 0 Å². The van der Waals surface area contributed by atoms with Gasteiger partial charge in [0.25, 0.3) is 5.91 Å². The number of ether oxygens (including phenoxy) is 1. The number of aromatic hydroxyl groups is 1. The molecule has 0 unspecified atom stereocenters. The number of phenolic OH excluding ortho intramolecular Hbond substituents is 1. The minimum absolute atomic E-state index is 0.0892. The number of halogens is 1. The number of rotatable bonds is 3. The summed E-state index contributed by atoms with van der Waals surface area (Å²) in [6.07, 6.45) is 0. The van der Waals surface area contributed by atoms with Gasteiger partial charge in [-0.2, -0.15) is 0 Å². The van der Waals surface area contributed by atoms with Crippen LogP contribution in [0.2, 0.25) is 5.02 Å². The lowest BCUT2D eigenvalue weighted by atomic mass is 10.1. The van der Waals surface area contributed by atoms with Crippen LogP contribution in [0, 0.1) is 6.92 Å². The van der Waals surface area contributed by atoms with E-state index in [1.807, 2.05) is 0 Å². The molecule has 0 fully saturated rings. The third kappa shape index (κ3) is 2.86. The van der Waals surface area contributed by atoms with E-state index in [-0.39, 0.29) is 11.7 Å². The molecule has 0 saturated heterocycles. The van der Waals surface area contributed by atoms with Gasteiger partial charge in [-0.3, -0.25) is 4.79 Å². The van der Waals surface area contributed by atoms with Gasteiger partial charge in [0.1, 0.15) is 11.5 Å². The standard InChI is InChI=1S/C15H14ClNO3/c1-9-11(4-3-5-13(9)18)15(19)17-10-6-7-12(16)14(8-10)20-2/h3-8,18H,1-2H3,(H,17,19). The van der Waals surface area contributed by atoms with Crippen LogP contribution in [0.4, 0.5) is 5.69 Å². The number of phenols is 1. The third-order valence-electron chi connectivity index (χ3n) is 2.96. The van der Waals surface area contributed by atoms with E-state index in [0.29, 0.717) is 27.6 Å². The summed E-state index contributed by atoms with van der Waals surface area (Å²) in [5, 5.41) is 12.8. The summed E-state index contributed by atoms with van der Waals surface area (Å²) in [6, 6.07) is 9.78. The first-order valence-electron chi connectivity index (χ1n) is 5.96. The van der Waals surface area contributed by atoms with E-state index in [9.17, 15) is 9.90 Å². The molecule has 0 spiro atoms. The number of nitrogens with one attached hydrogen (secondary N) is 1. The molecule has 0 heterocycles. The SMILES string of the molecule is COc1cc(NC(=O)c2cccc(O)c2C)ccc1Cl. The molecule has 104 valence electrons. The number of benzene rings is 2. The maximum absolute atomic E-state index is 12.2. The summed E-state index contributed by atoms with van der Waals surface area (Å²) in [5.74, 6) is 0.270. The fraction of sp³-hybridized carbons (Fsp3) is 0.133. The van der Waals surface area contributed by atoms with Crippen molar-refractivity contribution in [1.82, 2.24) is 0 Å². The van der Waals surface area contributed by atoms with Crippen LogP contribution >= 0.6 is 11.6 Å². The van der Waals surface area contributed by atoms with Gasteiger partial charge < -0.3 is 15.2 Å². The molecular formula is C15H14ClNO3. The molecule has 1 amide bonds. The average molecular weight is 292 g/mol. The van der Waals surface area contributed by atoms with Crippen molar-refractivity contribution in [1.29, 1.82) is 0 Å². The van der Waals surface area contributed by atoms with Crippen molar-refractivity contribution in [2.24, 2.45) is 0 Å². The van der Waals surface area contributed by atoms with Crippen molar-refractivity contribution in [2.45, 2.75) is 6.92 Å². The Morgan fingerprint density at radius 1 is 1.30 bits per heavy atom. The Labute approximate surface area is 122 Å². The highest BCUT2D eigenvalue weighted by Crippen LogP contribution is 2.28. The minimum atomic E-state index is -0.303. The van der Waals surface area contributed by atoms with Crippen LogP contribution in [0.3, 0.4) is 0 Å². The zero-order valence-electron chi connectivity index (χ0n) is 11.1. The second kappa shape index (κ2) is 5.84. The van der Waals surface area contributed by atoms with Crippen molar-refractivity contribution >= 4 is 23.2 Å². The zero-order chi connectivity index (χ0) is 14.7. The smallest absolute Gasteiger partial charge is 0.256 e. The van der Waals surface area contributed by atoms with Crippen molar-refractivity contribution in [3.05, 3.63) is 52.5 Å². The lowest BCUT2D eigenvalue weighted by Gasteiger charge is -2.10. The quantitative estimate of drug-likeness (QED) is 0.908. The van der Waals surface area contributed by atoms with Crippen LogP contribution in [0.15, 0.2) is 36.4 Å². The molecule has 0 aliphatic heterocycles. The van der Waals surface area contributed by atoms with Gasteiger partial charge in [-0.05, 0) is 31.2 Å². The predicted octanol–water partition coefficient (Wildman–Crippen LogP) is 3.61. The van der Waals surface area contributed by atoms with Crippen LogP contribution in [0.1, 0.15) is 15.9 Å². The van der Waals surface area contributed by atoms with Gasteiger partial charge >= 0.3 is 0 Å². The number of carbonyl (C=O) groups is 1. The first-order valence-corrected chi connectivity index (χ1v) is 6.34. The Morgan fingerprint density at radius 3 is 2.75 bits per heavy atom. The summed E-state index contributed by atoms with van der Waals surface area (Å²) in [6.45, 7) is 1.69. The lowest BCUT2D eigenvalue weighted by Crippen LogP contribution is -2.13. The number of methoxy groups -OCH3 is 1. The maximum atomic E-state index is 12.2. The first-order chi connectivity index (χ1) is 9.52.